The summed E-state index contributed by atoms with van der Waals surface area (Å²) in [5.41, 5.74) is 3.14. The number of aryl methyl sites for hydroxylation is 2. The van der Waals surface area contributed by atoms with Gasteiger partial charge in [0.25, 0.3) is 5.91 Å². The lowest BCUT2D eigenvalue weighted by Gasteiger charge is -2.21. The van der Waals surface area contributed by atoms with Crippen LogP contribution in [0.3, 0.4) is 0 Å². The monoisotopic (exact) mass is 284 g/mol. The van der Waals surface area contributed by atoms with Gasteiger partial charge >= 0.3 is 0 Å². The highest BCUT2D eigenvalue weighted by atomic mass is 16.2. The summed E-state index contributed by atoms with van der Waals surface area (Å²) in [6, 6.07) is 5.92. The standard InChI is InChI=1S/C16H20N4O/c1-19-9-8-18-15(19)11-20(2)16(21)13-5-6-14-12(10-13)4-3-7-17-14/h5-6,8-10,17H,3-4,7,11H2,1-2H3. The zero-order valence-electron chi connectivity index (χ0n) is 12.5. The van der Waals surface area contributed by atoms with Gasteiger partial charge < -0.3 is 14.8 Å². The number of fused-ring (bicyclic) bond motifs is 1. The smallest absolute Gasteiger partial charge is 0.254 e. The summed E-state index contributed by atoms with van der Waals surface area (Å²) in [5, 5.41) is 3.36. The second-order valence-electron chi connectivity index (χ2n) is 5.52. The first kappa shape index (κ1) is 13.7. The number of anilines is 1. The van der Waals surface area contributed by atoms with Crippen molar-refractivity contribution in [2.75, 3.05) is 18.9 Å². The Hall–Kier alpha value is -2.30. The Balaban J connectivity index is 1.76. The van der Waals surface area contributed by atoms with Gasteiger partial charge in [-0.2, -0.15) is 0 Å². The topological polar surface area (TPSA) is 50.2 Å². The number of nitrogens with zero attached hydrogens (tertiary/aromatic N) is 3. The molecule has 0 fully saturated rings. The second kappa shape index (κ2) is 5.60. The Morgan fingerprint density at radius 1 is 1.48 bits per heavy atom. The first-order valence-electron chi connectivity index (χ1n) is 7.23. The number of hydrogen-bond acceptors (Lipinski definition) is 3. The van der Waals surface area contributed by atoms with Gasteiger partial charge in [0.05, 0.1) is 6.54 Å². The molecule has 110 valence electrons. The molecule has 1 aromatic carbocycles. The first-order valence-corrected chi connectivity index (χ1v) is 7.23. The molecule has 0 spiro atoms. The van der Waals surface area contributed by atoms with E-state index in [1.165, 1.54) is 5.56 Å². The Bertz CT molecular complexity index is 662. The SMILES string of the molecule is CN(Cc1nccn1C)C(=O)c1ccc2c(c1)CCCN2. The summed E-state index contributed by atoms with van der Waals surface area (Å²) < 4.78 is 1.93. The van der Waals surface area contributed by atoms with Crippen molar-refractivity contribution in [2.45, 2.75) is 19.4 Å². The van der Waals surface area contributed by atoms with E-state index < -0.39 is 0 Å². The summed E-state index contributed by atoms with van der Waals surface area (Å²) >= 11 is 0. The van der Waals surface area contributed by atoms with Crippen LogP contribution < -0.4 is 5.32 Å². The van der Waals surface area contributed by atoms with E-state index in [0.717, 1.165) is 36.5 Å². The molecular formula is C16H20N4O. The highest BCUT2D eigenvalue weighted by Gasteiger charge is 2.16. The fourth-order valence-electron chi connectivity index (χ4n) is 2.66. The third kappa shape index (κ3) is 2.77. The van der Waals surface area contributed by atoms with Gasteiger partial charge in [0.2, 0.25) is 0 Å². The van der Waals surface area contributed by atoms with Crippen molar-refractivity contribution in [3.63, 3.8) is 0 Å². The van der Waals surface area contributed by atoms with Gasteiger partial charge in [-0.25, -0.2) is 4.98 Å². The van der Waals surface area contributed by atoms with Crippen molar-refractivity contribution in [1.82, 2.24) is 14.5 Å². The van der Waals surface area contributed by atoms with Gasteiger partial charge in [0, 0.05) is 44.3 Å². The average molecular weight is 284 g/mol. The minimum absolute atomic E-state index is 0.0337. The third-order valence-corrected chi connectivity index (χ3v) is 3.94. The second-order valence-corrected chi connectivity index (χ2v) is 5.52. The van der Waals surface area contributed by atoms with Crippen molar-refractivity contribution in [3.05, 3.63) is 47.5 Å². The summed E-state index contributed by atoms with van der Waals surface area (Å²) in [6.07, 6.45) is 5.79. The highest BCUT2D eigenvalue weighted by molar-refractivity contribution is 5.94. The van der Waals surface area contributed by atoms with Crippen molar-refractivity contribution in [3.8, 4) is 0 Å². The van der Waals surface area contributed by atoms with Crippen LogP contribution in [-0.2, 0) is 20.0 Å². The minimum Gasteiger partial charge on any atom is -0.385 e. The molecule has 1 aliphatic rings. The highest BCUT2D eigenvalue weighted by Crippen LogP contribution is 2.23. The number of amides is 1. The molecule has 0 bridgehead atoms. The van der Waals surface area contributed by atoms with Crippen LogP contribution >= 0.6 is 0 Å². The molecule has 3 rings (SSSR count). The average Bonchev–Trinajstić information content (AvgIpc) is 2.91. The van der Waals surface area contributed by atoms with E-state index in [0.29, 0.717) is 6.54 Å². The lowest BCUT2D eigenvalue weighted by atomic mass is 10.0. The van der Waals surface area contributed by atoms with Crippen molar-refractivity contribution < 1.29 is 4.79 Å². The maximum absolute atomic E-state index is 12.5. The number of rotatable bonds is 3. The zero-order valence-corrected chi connectivity index (χ0v) is 12.5. The molecule has 0 radical (unpaired) electrons. The van der Waals surface area contributed by atoms with Crippen LogP contribution in [0.1, 0.15) is 28.2 Å². The van der Waals surface area contributed by atoms with E-state index >= 15 is 0 Å². The maximum atomic E-state index is 12.5. The number of benzene rings is 1. The van der Waals surface area contributed by atoms with Gasteiger partial charge in [0.1, 0.15) is 5.82 Å². The predicted molar refractivity (Wildman–Crippen MR) is 82.3 cm³/mol. The summed E-state index contributed by atoms with van der Waals surface area (Å²) in [7, 11) is 3.75. The normalized spacial score (nSPS) is 13.4. The largest absolute Gasteiger partial charge is 0.385 e. The van der Waals surface area contributed by atoms with Gasteiger partial charge in [-0.3, -0.25) is 4.79 Å². The fourth-order valence-corrected chi connectivity index (χ4v) is 2.66. The number of imidazole rings is 1. The summed E-state index contributed by atoms with van der Waals surface area (Å²) in [5.74, 6) is 0.914. The minimum atomic E-state index is 0.0337. The number of hydrogen-bond donors (Lipinski definition) is 1. The lowest BCUT2D eigenvalue weighted by molar-refractivity contribution is 0.0780. The molecule has 1 N–H and O–H groups in total. The molecule has 21 heavy (non-hydrogen) atoms. The molecule has 2 aromatic rings. The molecule has 1 aromatic heterocycles. The molecular weight excluding hydrogens is 264 g/mol. The number of nitrogens with one attached hydrogen (secondary N) is 1. The predicted octanol–water partition coefficient (Wildman–Crippen LogP) is 2.05. The molecule has 5 nitrogen and oxygen atoms in total. The fraction of sp³-hybridized carbons (Fsp3) is 0.375. The van der Waals surface area contributed by atoms with E-state index in [2.05, 4.69) is 10.3 Å². The molecule has 2 heterocycles. The Morgan fingerprint density at radius 2 is 2.33 bits per heavy atom. The molecule has 5 heteroatoms. The van der Waals surface area contributed by atoms with Crippen molar-refractivity contribution in [1.29, 1.82) is 0 Å². The Labute approximate surface area is 124 Å². The van der Waals surface area contributed by atoms with Crippen LogP contribution in [0, 0.1) is 0 Å². The number of aromatic nitrogens is 2. The Morgan fingerprint density at radius 3 is 3.10 bits per heavy atom. The van der Waals surface area contributed by atoms with Crippen LogP contribution in [0.2, 0.25) is 0 Å². The maximum Gasteiger partial charge on any atom is 0.254 e. The molecule has 0 aliphatic carbocycles. The van der Waals surface area contributed by atoms with Gasteiger partial charge in [-0.05, 0) is 36.6 Å². The van der Waals surface area contributed by atoms with Crippen molar-refractivity contribution in [2.24, 2.45) is 7.05 Å². The molecule has 0 atom stereocenters. The van der Waals surface area contributed by atoms with E-state index in [1.807, 2.05) is 43.1 Å². The van der Waals surface area contributed by atoms with E-state index in [1.54, 1.807) is 11.1 Å². The molecule has 0 saturated heterocycles. The van der Waals surface area contributed by atoms with Gasteiger partial charge in [0.15, 0.2) is 0 Å². The van der Waals surface area contributed by atoms with E-state index in [-0.39, 0.29) is 5.91 Å². The van der Waals surface area contributed by atoms with Crippen LogP contribution in [0.5, 0.6) is 0 Å². The molecule has 1 amide bonds. The van der Waals surface area contributed by atoms with Crippen LogP contribution in [0.15, 0.2) is 30.6 Å². The third-order valence-electron chi connectivity index (χ3n) is 3.94. The lowest BCUT2D eigenvalue weighted by Crippen LogP contribution is -2.27. The van der Waals surface area contributed by atoms with Gasteiger partial charge in [-0.1, -0.05) is 0 Å². The van der Waals surface area contributed by atoms with Crippen LogP contribution in [0.25, 0.3) is 0 Å². The van der Waals surface area contributed by atoms with Crippen LogP contribution in [-0.4, -0.2) is 34.0 Å². The number of carbonyl (C=O) groups is 1. The molecule has 0 saturated carbocycles. The number of carbonyl (C=O) groups excluding carboxylic acids is 1. The summed E-state index contributed by atoms with van der Waals surface area (Å²) in [6.45, 7) is 1.52. The van der Waals surface area contributed by atoms with E-state index in [4.69, 9.17) is 0 Å². The first-order chi connectivity index (χ1) is 10.1. The zero-order chi connectivity index (χ0) is 14.8. The van der Waals surface area contributed by atoms with Crippen LogP contribution in [0.4, 0.5) is 5.69 Å². The summed E-state index contributed by atoms with van der Waals surface area (Å²) in [4.78, 5) is 18.5. The van der Waals surface area contributed by atoms with E-state index in [9.17, 15) is 4.79 Å². The quantitative estimate of drug-likeness (QED) is 0.938. The van der Waals surface area contributed by atoms with Gasteiger partial charge in [-0.15, -0.1) is 0 Å². The molecule has 1 aliphatic heterocycles. The Kier molecular flexibility index (Phi) is 3.64. The van der Waals surface area contributed by atoms with Crippen molar-refractivity contribution >= 4 is 11.6 Å². The molecule has 0 unspecified atom stereocenters.